The molecule has 0 amide bonds. The first-order valence-electron chi connectivity index (χ1n) is 5.24. The zero-order chi connectivity index (χ0) is 10.7. The number of halogens is 1. The first kappa shape index (κ1) is 11.6. The van der Waals surface area contributed by atoms with Gasteiger partial charge in [-0.1, -0.05) is 0 Å². The fourth-order valence-corrected chi connectivity index (χ4v) is 3.34. The van der Waals surface area contributed by atoms with Crippen LogP contribution in [0.3, 0.4) is 0 Å². The lowest BCUT2D eigenvalue weighted by atomic mass is 9.80. The Morgan fingerprint density at radius 1 is 1.53 bits per heavy atom. The molecule has 0 bridgehead atoms. The van der Waals surface area contributed by atoms with Crippen molar-refractivity contribution < 1.29 is 4.74 Å². The van der Waals surface area contributed by atoms with E-state index in [9.17, 15) is 0 Å². The summed E-state index contributed by atoms with van der Waals surface area (Å²) < 4.78 is 6.75. The largest absolute Gasteiger partial charge is 0.377 e. The topological polar surface area (TPSA) is 21.3 Å². The molecule has 1 aromatic rings. The third kappa shape index (κ3) is 2.81. The van der Waals surface area contributed by atoms with Crippen molar-refractivity contribution in [2.75, 3.05) is 13.7 Å². The number of hydrogen-bond acceptors (Lipinski definition) is 3. The van der Waals surface area contributed by atoms with Gasteiger partial charge in [-0.05, 0) is 47.3 Å². The monoisotopic (exact) mass is 289 g/mol. The third-order valence-corrected chi connectivity index (χ3v) is 4.70. The smallest absolute Gasteiger partial charge is 0.0802 e. The van der Waals surface area contributed by atoms with Crippen LogP contribution in [0.25, 0.3) is 0 Å². The van der Waals surface area contributed by atoms with Crippen molar-refractivity contribution in [3.05, 3.63) is 20.8 Å². The molecule has 1 N–H and O–H groups in total. The molecular formula is C11H16BrNOS. The Morgan fingerprint density at radius 3 is 2.80 bits per heavy atom. The molecule has 1 heterocycles. The van der Waals surface area contributed by atoms with Gasteiger partial charge in [-0.25, -0.2) is 0 Å². The second-order valence-corrected chi connectivity index (χ2v) is 6.60. The maximum atomic E-state index is 5.55. The van der Waals surface area contributed by atoms with Crippen LogP contribution in [0, 0.1) is 0 Å². The van der Waals surface area contributed by atoms with E-state index < -0.39 is 0 Å². The zero-order valence-electron chi connectivity index (χ0n) is 8.88. The van der Waals surface area contributed by atoms with Crippen LogP contribution in [0.15, 0.2) is 15.9 Å². The highest BCUT2D eigenvalue weighted by Gasteiger charge is 2.36. The van der Waals surface area contributed by atoms with Crippen LogP contribution >= 0.6 is 27.3 Å². The highest BCUT2D eigenvalue weighted by molar-refractivity contribution is 9.11. The van der Waals surface area contributed by atoms with Crippen LogP contribution in [-0.4, -0.2) is 19.3 Å². The van der Waals surface area contributed by atoms with Crippen LogP contribution in [0.2, 0.25) is 0 Å². The molecule has 1 saturated carbocycles. The molecule has 2 nitrogen and oxygen atoms in total. The van der Waals surface area contributed by atoms with Gasteiger partial charge in [-0.15, -0.1) is 11.3 Å². The predicted molar refractivity (Wildman–Crippen MR) is 67.3 cm³/mol. The Kier molecular flexibility index (Phi) is 3.83. The first-order valence-corrected chi connectivity index (χ1v) is 6.85. The lowest BCUT2D eigenvalue weighted by Crippen LogP contribution is -2.47. The maximum absolute atomic E-state index is 5.55. The maximum Gasteiger partial charge on any atom is 0.0802 e. The molecule has 0 atom stereocenters. The van der Waals surface area contributed by atoms with Gasteiger partial charge in [0.1, 0.15) is 0 Å². The Hall–Kier alpha value is 0.1000. The van der Waals surface area contributed by atoms with Crippen molar-refractivity contribution in [1.29, 1.82) is 0 Å². The Morgan fingerprint density at radius 2 is 2.33 bits per heavy atom. The predicted octanol–water partition coefficient (Wildman–Crippen LogP) is 3.17. The van der Waals surface area contributed by atoms with Crippen LogP contribution in [-0.2, 0) is 11.3 Å². The molecule has 84 valence electrons. The average Bonchev–Trinajstić information content (AvgIpc) is 2.56. The highest BCUT2D eigenvalue weighted by Crippen LogP contribution is 2.34. The van der Waals surface area contributed by atoms with Crippen molar-refractivity contribution in [2.45, 2.75) is 31.4 Å². The molecule has 1 aliphatic rings. The molecule has 0 aliphatic heterocycles. The van der Waals surface area contributed by atoms with Gasteiger partial charge in [-0.3, -0.25) is 0 Å². The lowest BCUT2D eigenvalue weighted by molar-refractivity contribution is -0.0695. The minimum absolute atomic E-state index is 0.133. The van der Waals surface area contributed by atoms with E-state index in [-0.39, 0.29) is 5.60 Å². The van der Waals surface area contributed by atoms with Gasteiger partial charge in [0.15, 0.2) is 0 Å². The van der Waals surface area contributed by atoms with E-state index in [2.05, 4.69) is 33.4 Å². The van der Waals surface area contributed by atoms with Crippen LogP contribution in [0.1, 0.15) is 24.1 Å². The summed E-state index contributed by atoms with van der Waals surface area (Å²) in [5, 5.41) is 3.47. The fraction of sp³-hybridized carbons (Fsp3) is 0.636. The molecule has 1 fully saturated rings. The van der Waals surface area contributed by atoms with Crippen LogP contribution in [0.5, 0.6) is 0 Å². The van der Waals surface area contributed by atoms with Crippen LogP contribution < -0.4 is 5.32 Å². The second-order valence-electron chi connectivity index (χ2n) is 4.05. The molecule has 0 spiro atoms. The zero-order valence-corrected chi connectivity index (χ0v) is 11.3. The average molecular weight is 290 g/mol. The Balaban J connectivity index is 1.74. The van der Waals surface area contributed by atoms with Crippen LogP contribution in [0.4, 0.5) is 0 Å². The van der Waals surface area contributed by atoms with E-state index in [4.69, 9.17) is 4.74 Å². The van der Waals surface area contributed by atoms with Gasteiger partial charge in [0.25, 0.3) is 0 Å². The molecule has 1 aromatic heterocycles. The van der Waals surface area contributed by atoms with Gasteiger partial charge < -0.3 is 10.1 Å². The molecular weight excluding hydrogens is 274 g/mol. The summed E-state index contributed by atoms with van der Waals surface area (Å²) in [6, 6.07) is 4.25. The molecule has 0 aromatic carbocycles. The number of rotatable bonds is 5. The summed E-state index contributed by atoms with van der Waals surface area (Å²) in [4.78, 5) is 1.37. The standard InChI is InChI=1S/C11H16BrNOS/c1-14-11(5-2-6-11)8-13-7-9-3-4-10(12)15-9/h3-4,13H,2,5-8H2,1H3. The van der Waals surface area contributed by atoms with E-state index >= 15 is 0 Å². The van der Waals surface area contributed by atoms with Crippen molar-refractivity contribution in [1.82, 2.24) is 5.32 Å². The van der Waals surface area contributed by atoms with Gasteiger partial charge in [0, 0.05) is 25.1 Å². The molecule has 0 unspecified atom stereocenters. The van der Waals surface area contributed by atoms with E-state index in [1.165, 1.54) is 27.9 Å². The van der Waals surface area contributed by atoms with E-state index in [1.807, 2.05) is 7.11 Å². The highest BCUT2D eigenvalue weighted by atomic mass is 79.9. The van der Waals surface area contributed by atoms with Crippen molar-refractivity contribution in [3.8, 4) is 0 Å². The molecule has 1 aliphatic carbocycles. The molecule has 4 heteroatoms. The quantitative estimate of drug-likeness (QED) is 0.899. The van der Waals surface area contributed by atoms with Gasteiger partial charge in [0.05, 0.1) is 9.39 Å². The van der Waals surface area contributed by atoms with Crippen molar-refractivity contribution in [3.63, 3.8) is 0 Å². The normalized spacial score (nSPS) is 18.8. The summed E-state index contributed by atoms with van der Waals surface area (Å²) in [5.41, 5.74) is 0.133. The summed E-state index contributed by atoms with van der Waals surface area (Å²) >= 11 is 5.25. The number of methoxy groups -OCH3 is 1. The van der Waals surface area contributed by atoms with Crippen molar-refractivity contribution >= 4 is 27.3 Å². The molecule has 2 rings (SSSR count). The molecule has 15 heavy (non-hydrogen) atoms. The molecule has 0 saturated heterocycles. The van der Waals surface area contributed by atoms with Gasteiger partial charge in [0.2, 0.25) is 0 Å². The number of ether oxygens (including phenoxy) is 1. The van der Waals surface area contributed by atoms with E-state index in [0.29, 0.717) is 0 Å². The minimum atomic E-state index is 0.133. The summed E-state index contributed by atoms with van der Waals surface area (Å²) in [7, 11) is 1.82. The number of nitrogens with one attached hydrogen (secondary N) is 1. The van der Waals surface area contributed by atoms with E-state index in [0.717, 1.165) is 13.1 Å². The van der Waals surface area contributed by atoms with Gasteiger partial charge >= 0.3 is 0 Å². The summed E-state index contributed by atoms with van der Waals surface area (Å²) in [6.07, 6.45) is 3.70. The first-order chi connectivity index (χ1) is 7.24. The minimum Gasteiger partial charge on any atom is -0.377 e. The summed E-state index contributed by atoms with van der Waals surface area (Å²) in [5.74, 6) is 0. The Labute approximate surface area is 103 Å². The fourth-order valence-electron chi connectivity index (χ4n) is 1.88. The SMILES string of the molecule is COC1(CNCc2ccc(Br)s2)CCC1. The third-order valence-electron chi connectivity index (χ3n) is 3.07. The number of thiophene rings is 1. The second kappa shape index (κ2) is 4.95. The number of hydrogen-bond donors (Lipinski definition) is 1. The summed E-state index contributed by atoms with van der Waals surface area (Å²) in [6.45, 7) is 1.92. The molecule has 0 radical (unpaired) electrons. The van der Waals surface area contributed by atoms with Crippen molar-refractivity contribution in [2.24, 2.45) is 0 Å². The van der Waals surface area contributed by atoms with E-state index in [1.54, 1.807) is 11.3 Å². The lowest BCUT2D eigenvalue weighted by Gasteiger charge is -2.40. The van der Waals surface area contributed by atoms with Gasteiger partial charge in [-0.2, -0.15) is 0 Å². The Bertz CT molecular complexity index is 317.